The Morgan fingerprint density at radius 3 is 2.05 bits per heavy atom. The van der Waals surface area contributed by atoms with Crippen LogP contribution in [-0.2, 0) is 9.47 Å². The van der Waals surface area contributed by atoms with Crippen LogP contribution in [0.4, 0.5) is 0 Å². The molecule has 1 N–H and O–H groups in total. The predicted molar refractivity (Wildman–Crippen MR) is 86.3 cm³/mol. The highest BCUT2D eigenvalue weighted by Crippen LogP contribution is 2.13. The van der Waals surface area contributed by atoms with Gasteiger partial charge in [0.25, 0.3) is 0 Å². The molecule has 0 aliphatic carbocycles. The molecule has 4 nitrogen and oxygen atoms in total. The zero-order valence-corrected chi connectivity index (χ0v) is 14.4. The normalized spacial score (nSPS) is 13.7. The molecule has 0 heterocycles. The number of nitrogens with one attached hydrogen (secondary N) is 1. The number of ether oxygens (including phenoxy) is 2. The van der Waals surface area contributed by atoms with Gasteiger partial charge in [0.15, 0.2) is 0 Å². The lowest BCUT2D eigenvalue weighted by atomic mass is 10.1. The van der Waals surface area contributed by atoms with Crippen molar-refractivity contribution >= 4 is 0 Å². The van der Waals surface area contributed by atoms with Crippen molar-refractivity contribution < 1.29 is 9.47 Å². The van der Waals surface area contributed by atoms with E-state index in [9.17, 15) is 0 Å². The maximum atomic E-state index is 5.44. The molecular formula is C16H36N2O2. The van der Waals surface area contributed by atoms with Crippen molar-refractivity contribution in [2.24, 2.45) is 5.92 Å². The molecule has 0 rings (SSSR count). The highest BCUT2D eigenvalue weighted by molar-refractivity contribution is 4.80. The number of rotatable bonds is 13. The summed E-state index contributed by atoms with van der Waals surface area (Å²) in [6.07, 6.45) is 2.34. The zero-order chi connectivity index (χ0) is 15.4. The number of hydrogen-bond donors (Lipinski definition) is 1. The Balaban J connectivity index is 4.61. The van der Waals surface area contributed by atoms with Gasteiger partial charge in [-0.05, 0) is 25.3 Å². The molecule has 20 heavy (non-hydrogen) atoms. The third kappa shape index (κ3) is 8.20. The molecule has 0 aliphatic rings. The summed E-state index contributed by atoms with van der Waals surface area (Å²) in [6.45, 7) is 13.6. The van der Waals surface area contributed by atoms with Crippen molar-refractivity contribution in [3.05, 3.63) is 0 Å². The molecule has 1 unspecified atom stereocenters. The Kier molecular flexibility index (Phi) is 12.5. The Labute approximate surface area is 126 Å². The summed E-state index contributed by atoms with van der Waals surface area (Å²) in [7, 11) is 3.56. The summed E-state index contributed by atoms with van der Waals surface area (Å²) in [6, 6.07) is 1.02. The minimum absolute atomic E-state index is 0.416. The fourth-order valence-electron chi connectivity index (χ4n) is 2.62. The fraction of sp³-hybridized carbons (Fsp3) is 1.00. The Morgan fingerprint density at radius 2 is 1.60 bits per heavy atom. The molecule has 0 bridgehead atoms. The maximum Gasteiger partial charge on any atom is 0.0630 e. The molecule has 0 radical (unpaired) electrons. The number of methoxy groups -OCH3 is 2. The van der Waals surface area contributed by atoms with E-state index in [-0.39, 0.29) is 0 Å². The molecule has 122 valence electrons. The van der Waals surface area contributed by atoms with E-state index in [0.29, 0.717) is 18.0 Å². The molecule has 0 saturated carbocycles. The lowest BCUT2D eigenvalue weighted by Gasteiger charge is -2.37. The molecule has 0 aliphatic heterocycles. The van der Waals surface area contributed by atoms with Crippen LogP contribution >= 0.6 is 0 Å². The van der Waals surface area contributed by atoms with Crippen LogP contribution in [0.2, 0.25) is 0 Å². The first-order valence-corrected chi connectivity index (χ1v) is 8.04. The zero-order valence-electron chi connectivity index (χ0n) is 14.4. The van der Waals surface area contributed by atoms with Gasteiger partial charge >= 0.3 is 0 Å². The SMILES string of the molecule is CCC(CC)N(CCOC)C(CNCC(C)C)COC. The van der Waals surface area contributed by atoms with E-state index < -0.39 is 0 Å². The van der Waals surface area contributed by atoms with Crippen LogP contribution < -0.4 is 5.32 Å². The lowest BCUT2D eigenvalue weighted by Crippen LogP contribution is -2.51. The summed E-state index contributed by atoms with van der Waals surface area (Å²) in [4.78, 5) is 2.56. The molecule has 4 heteroatoms. The molecule has 0 spiro atoms. The summed E-state index contributed by atoms with van der Waals surface area (Å²) in [5.41, 5.74) is 0. The van der Waals surface area contributed by atoms with Gasteiger partial charge in [-0.3, -0.25) is 4.90 Å². The molecule has 1 atom stereocenters. The van der Waals surface area contributed by atoms with Crippen LogP contribution in [0.5, 0.6) is 0 Å². The second-order valence-electron chi connectivity index (χ2n) is 5.86. The highest BCUT2D eigenvalue weighted by Gasteiger charge is 2.23. The van der Waals surface area contributed by atoms with Crippen LogP contribution in [-0.4, -0.2) is 64.1 Å². The van der Waals surface area contributed by atoms with Gasteiger partial charge in [-0.25, -0.2) is 0 Å². The van der Waals surface area contributed by atoms with Gasteiger partial charge in [-0.15, -0.1) is 0 Å². The van der Waals surface area contributed by atoms with Crippen molar-refractivity contribution in [3.8, 4) is 0 Å². The summed E-state index contributed by atoms with van der Waals surface area (Å²) in [5.74, 6) is 0.679. The third-order valence-corrected chi connectivity index (χ3v) is 3.73. The summed E-state index contributed by atoms with van der Waals surface area (Å²) in [5, 5.41) is 3.57. The van der Waals surface area contributed by atoms with Gasteiger partial charge < -0.3 is 14.8 Å². The third-order valence-electron chi connectivity index (χ3n) is 3.73. The molecular weight excluding hydrogens is 252 g/mol. The second-order valence-corrected chi connectivity index (χ2v) is 5.86. The van der Waals surface area contributed by atoms with E-state index in [0.717, 1.165) is 32.8 Å². The smallest absolute Gasteiger partial charge is 0.0630 e. The maximum absolute atomic E-state index is 5.44. The quantitative estimate of drug-likeness (QED) is 0.564. The average molecular weight is 288 g/mol. The van der Waals surface area contributed by atoms with E-state index in [1.165, 1.54) is 12.8 Å². The Morgan fingerprint density at radius 1 is 0.950 bits per heavy atom. The standard InChI is InChI=1S/C16H36N2O2/c1-7-15(8-2)18(9-10-19-5)16(13-20-6)12-17-11-14(3)4/h14-17H,7-13H2,1-6H3. The van der Waals surface area contributed by atoms with Gasteiger partial charge in [0, 0.05) is 39.4 Å². The Bertz CT molecular complexity index is 209. The van der Waals surface area contributed by atoms with Crippen LogP contribution in [0, 0.1) is 5.92 Å². The molecule has 0 aromatic rings. The number of nitrogens with zero attached hydrogens (tertiary/aromatic N) is 1. The van der Waals surface area contributed by atoms with E-state index in [2.05, 4.69) is 37.9 Å². The lowest BCUT2D eigenvalue weighted by molar-refractivity contribution is 0.0365. The van der Waals surface area contributed by atoms with Gasteiger partial charge in [0.1, 0.15) is 0 Å². The first kappa shape index (κ1) is 19.8. The second kappa shape index (κ2) is 12.6. The molecule has 0 aromatic heterocycles. The van der Waals surface area contributed by atoms with E-state index in [4.69, 9.17) is 9.47 Å². The number of hydrogen-bond acceptors (Lipinski definition) is 4. The average Bonchev–Trinajstić information content (AvgIpc) is 2.42. The van der Waals surface area contributed by atoms with Crippen molar-refractivity contribution in [1.29, 1.82) is 0 Å². The minimum Gasteiger partial charge on any atom is -0.383 e. The Hall–Kier alpha value is -0.160. The van der Waals surface area contributed by atoms with E-state index in [1.807, 2.05) is 0 Å². The van der Waals surface area contributed by atoms with Gasteiger partial charge in [0.05, 0.1) is 13.2 Å². The van der Waals surface area contributed by atoms with Gasteiger partial charge in [-0.2, -0.15) is 0 Å². The molecule has 0 amide bonds. The molecule has 0 aromatic carbocycles. The van der Waals surface area contributed by atoms with E-state index >= 15 is 0 Å². The van der Waals surface area contributed by atoms with Gasteiger partial charge in [0.2, 0.25) is 0 Å². The van der Waals surface area contributed by atoms with Crippen molar-refractivity contribution in [2.45, 2.75) is 52.6 Å². The van der Waals surface area contributed by atoms with Crippen molar-refractivity contribution in [2.75, 3.05) is 47.1 Å². The summed E-state index contributed by atoms with van der Waals surface area (Å²) < 4.78 is 10.7. The highest BCUT2D eigenvalue weighted by atomic mass is 16.5. The van der Waals surface area contributed by atoms with Crippen LogP contribution in [0.3, 0.4) is 0 Å². The minimum atomic E-state index is 0.416. The van der Waals surface area contributed by atoms with Crippen LogP contribution in [0.1, 0.15) is 40.5 Å². The van der Waals surface area contributed by atoms with Crippen molar-refractivity contribution in [3.63, 3.8) is 0 Å². The topological polar surface area (TPSA) is 33.7 Å². The van der Waals surface area contributed by atoms with E-state index in [1.54, 1.807) is 14.2 Å². The monoisotopic (exact) mass is 288 g/mol. The first-order chi connectivity index (χ1) is 9.60. The predicted octanol–water partition coefficient (Wildman–Crippen LogP) is 2.38. The van der Waals surface area contributed by atoms with Gasteiger partial charge in [-0.1, -0.05) is 27.7 Å². The van der Waals surface area contributed by atoms with Crippen LogP contribution in [0.25, 0.3) is 0 Å². The van der Waals surface area contributed by atoms with Crippen LogP contribution in [0.15, 0.2) is 0 Å². The molecule has 0 saturated heterocycles. The first-order valence-electron chi connectivity index (χ1n) is 8.04. The fourth-order valence-corrected chi connectivity index (χ4v) is 2.62. The summed E-state index contributed by atoms with van der Waals surface area (Å²) >= 11 is 0. The molecule has 0 fully saturated rings. The largest absolute Gasteiger partial charge is 0.383 e. The van der Waals surface area contributed by atoms with Crippen molar-refractivity contribution in [1.82, 2.24) is 10.2 Å².